The third-order valence-corrected chi connectivity index (χ3v) is 1.76. The van der Waals surface area contributed by atoms with Gasteiger partial charge in [-0.25, -0.2) is 4.79 Å². The Balaban J connectivity index is 4.16. The summed E-state index contributed by atoms with van der Waals surface area (Å²) in [6, 6.07) is -0.629. The molecule has 0 radical (unpaired) electrons. The van der Waals surface area contributed by atoms with Gasteiger partial charge in [0.1, 0.15) is 12.6 Å². The summed E-state index contributed by atoms with van der Waals surface area (Å²) < 4.78 is 9.20. The van der Waals surface area contributed by atoms with Gasteiger partial charge in [-0.2, -0.15) is 0 Å². The average Bonchev–Trinajstić information content (AvgIpc) is 2.23. The number of carbonyl (C=O) groups excluding carboxylic acids is 2. The molecule has 5 heteroatoms. The van der Waals surface area contributed by atoms with Crippen molar-refractivity contribution in [3.8, 4) is 0 Å². The second-order valence-corrected chi connectivity index (χ2v) is 2.94. The summed E-state index contributed by atoms with van der Waals surface area (Å²) in [6.07, 6.45) is 2.79. The van der Waals surface area contributed by atoms with Crippen molar-refractivity contribution in [1.82, 2.24) is 5.32 Å². The first-order valence-corrected chi connectivity index (χ1v) is 4.62. The Kier molecular flexibility index (Phi) is 7.27. The van der Waals surface area contributed by atoms with Gasteiger partial charge in [0.2, 0.25) is 5.91 Å². The molecular formula is C10H17NO4. The predicted molar refractivity (Wildman–Crippen MR) is 55.3 cm³/mol. The SMILES string of the molecule is C=CCC[C@H](NC(=O)COC)C(=O)OC. The first kappa shape index (κ1) is 13.6. The molecule has 0 aliphatic heterocycles. The van der Waals surface area contributed by atoms with Crippen molar-refractivity contribution < 1.29 is 19.1 Å². The quantitative estimate of drug-likeness (QED) is 0.488. The molecule has 0 spiro atoms. The summed E-state index contributed by atoms with van der Waals surface area (Å²) in [5, 5.41) is 2.52. The van der Waals surface area contributed by atoms with Crippen molar-refractivity contribution >= 4 is 11.9 Å². The maximum atomic E-state index is 11.2. The van der Waals surface area contributed by atoms with Crippen LogP contribution in [0.3, 0.4) is 0 Å². The molecule has 0 aromatic carbocycles. The number of hydrogen-bond acceptors (Lipinski definition) is 4. The lowest BCUT2D eigenvalue weighted by Crippen LogP contribution is -2.42. The fraction of sp³-hybridized carbons (Fsp3) is 0.600. The number of methoxy groups -OCH3 is 2. The molecule has 0 aliphatic carbocycles. The topological polar surface area (TPSA) is 64.6 Å². The van der Waals surface area contributed by atoms with E-state index in [1.165, 1.54) is 14.2 Å². The van der Waals surface area contributed by atoms with Crippen LogP contribution in [-0.2, 0) is 19.1 Å². The van der Waals surface area contributed by atoms with Crippen LogP contribution in [0.2, 0.25) is 0 Å². The van der Waals surface area contributed by atoms with Gasteiger partial charge in [-0.1, -0.05) is 6.08 Å². The van der Waals surface area contributed by atoms with Crippen LogP contribution in [0.15, 0.2) is 12.7 Å². The molecule has 0 aromatic rings. The third kappa shape index (κ3) is 5.85. The molecule has 0 saturated heterocycles. The molecule has 1 atom stereocenters. The van der Waals surface area contributed by atoms with Crippen molar-refractivity contribution in [2.24, 2.45) is 0 Å². The number of esters is 1. The van der Waals surface area contributed by atoms with Crippen LogP contribution in [0.4, 0.5) is 0 Å². The molecule has 0 unspecified atom stereocenters. The van der Waals surface area contributed by atoms with Gasteiger partial charge >= 0.3 is 5.97 Å². The van der Waals surface area contributed by atoms with Gasteiger partial charge < -0.3 is 14.8 Å². The minimum Gasteiger partial charge on any atom is -0.467 e. The minimum atomic E-state index is -0.629. The fourth-order valence-electron chi connectivity index (χ4n) is 1.04. The molecule has 0 heterocycles. The van der Waals surface area contributed by atoms with E-state index in [1.54, 1.807) is 6.08 Å². The van der Waals surface area contributed by atoms with E-state index in [4.69, 9.17) is 0 Å². The Labute approximate surface area is 89.4 Å². The van der Waals surface area contributed by atoms with Gasteiger partial charge in [-0.3, -0.25) is 4.79 Å². The highest BCUT2D eigenvalue weighted by atomic mass is 16.5. The van der Waals surface area contributed by atoms with Gasteiger partial charge in [0.05, 0.1) is 7.11 Å². The first-order valence-electron chi connectivity index (χ1n) is 4.62. The second-order valence-electron chi connectivity index (χ2n) is 2.94. The van der Waals surface area contributed by atoms with Crippen LogP contribution in [0.1, 0.15) is 12.8 Å². The van der Waals surface area contributed by atoms with Crippen molar-refractivity contribution in [1.29, 1.82) is 0 Å². The molecule has 1 N–H and O–H groups in total. The molecule has 0 bridgehead atoms. The number of hydrogen-bond donors (Lipinski definition) is 1. The minimum absolute atomic E-state index is 0.0679. The molecule has 0 aromatic heterocycles. The molecule has 0 rings (SSSR count). The van der Waals surface area contributed by atoms with E-state index in [-0.39, 0.29) is 12.5 Å². The Bertz CT molecular complexity index is 227. The lowest BCUT2D eigenvalue weighted by atomic mass is 10.1. The number of carbonyl (C=O) groups is 2. The number of nitrogens with one attached hydrogen (secondary N) is 1. The van der Waals surface area contributed by atoms with Crippen LogP contribution in [0.5, 0.6) is 0 Å². The summed E-state index contributed by atoms with van der Waals surface area (Å²) in [5.74, 6) is -0.793. The van der Waals surface area contributed by atoms with E-state index in [1.807, 2.05) is 0 Å². The zero-order valence-electron chi connectivity index (χ0n) is 9.12. The first-order chi connectivity index (χ1) is 7.15. The number of ether oxygens (including phenoxy) is 2. The highest BCUT2D eigenvalue weighted by Gasteiger charge is 2.20. The number of allylic oxidation sites excluding steroid dienone is 1. The second kappa shape index (κ2) is 7.99. The van der Waals surface area contributed by atoms with Gasteiger partial charge in [-0.15, -0.1) is 6.58 Å². The highest BCUT2D eigenvalue weighted by molar-refractivity contribution is 5.84. The van der Waals surface area contributed by atoms with Crippen molar-refractivity contribution in [3.63, 3.8) is 0 Å². The summed E-state index contributed by atoms with van der Waals surface area (Å²) in [5.41, 5.74) is 0. The highest BCUT2D eigenvalue weighted by Crippen LogP contribution is 2.00. The van der Waals surface area contributed by atoms with Gasteiger partial charge in [0.25, 0.3) is 0 Å². The average molecular weight is 215 g/mol. The molecular weight excluding hydrogens is 198 g/mol. The van der Waals surface area contributed by atoms with E-state index in [9.17, 15) is 9.59 Å². The fourth-order valence-corrected chi connectivity index (χ4v) is 1.04. The van der Waals surface area contributed by atoms with E-state index >= 15 is 0 Å². The number of amides is 1. The summed E-state index contributed by atoms with van der Waals surface area (Å²) in [4.78, 5) is 22.4. The largest absolute Gasteiger partial charge is 0.467 e. The van der Waals surface area contributed by atoms with E-state index in [2.05, 4.69) is 21.4 Å². The Morgan fingerprint density at radius 1 is 1.47 bits per heavy atom. The van der Waals surface area contributed by atoms with Crippen LogP contribution < -0.4 is 5.32 Å². The van der Waals surface area contributed by atoms with Crippen molar-refractivity contribution in [2.45, 2.75) is 18.9 Å². The Morgan fingerprint density at radius 2 is 2.13 bits per heavy atom. The van der Waals surface area contributed by atoms with E-state index in [0.717, 1.165) is 0 Å². The zero-order valence-corrected chi connectivity index (χ0v) is 9.12. The van der Waals surface area contributed by atoms with Crippen molar-refractivity contribution in [3.05, 3.63) is 12.7 Å². The summed E-state index contributed by atoms with van der Waals surface area (Å²) in [7, 11) is 2.70. The van der Waals surface area contributed by atoms with Gasteiger partial charge in [-0.05, 0) is 12.8 Å². The Hall–Kier alpha value is -1.36. The van der Waals surface area contributed by atoms with Gasteiger partial charge in [0, 0.05) is 7.11 Å². The lowest BCUT2D eigenvalue weighted by Gasteiger charge is -2.15. The molecule has 0 saturated carbocycles. The number of rotatable bonds is 7. The predicted octanol–water partition coefficient (Wildman–Crippen LogP) is 0.257. The third-order valence-electron chi connectivity index (χ3n) is 1.76. The molecule has 1 amide bonds. The monoisotopic (exact) mass is 215 g/mol. The Morgan fingerprint density at radius 3 is 2.60 bits per heavy atom. The maximum absolute atomic E-state index is 11.2. The van der Waals surface area contributed by atoms with Crippen LogP contribution >= 0.6 is 0 Å². The molecule has 0 aliphatic rings. The summed E-state index contributed by atoms with van der Waals surface area (Å²) in [6.45, 7) is 3.48. The van der Waals surface area contributed by atoms with Crippen molar-refractivity contribution in [2.75, 3.05) is 20.8 Å². The standard InChI is InChI=1S/C10H17NO4/c1-4-5-6-8(10(13)15-3)11-9(12)7-14-2/h4,8H,1,5-7H2,2-3H3,(H,11,12)/t8-/m0/s1. The normalized spacial score (nSPS) is 11.6. The van der Waals surface area contributed by atoms with E-state index < -0.39 is 12.0 Å². The lowest BCUT2D eigenvalue weighted by molar-refractivity contribution is -0.145. The molecule has 0 fully saturated rings. The molecule has 15 heavy (non-hydrogen) atoms. The smallest absolute Gasteiger partial charge is 0.328 e. The van der Waals surface area contributed by atoms with Crippen LogP contribution in [-0.4, -0.2) is 38.7 Å². The molecule has 86 valence electrons. The van der Waals surface area contributed by atoms with Gasteiger partial charge in [0.15, 0.2) is 0 Å². The van der Waals surface area contributed by atoms with Crippen LogP contribution in [0, 0.1) is 0 Å². The molecule has 5 nitrogen and oxygen atoms in total. The van der Waals surface area contributed by atoms with E-state index in [0.29, 0.717) is 12.8 Å². The zero-order chi connectivity index (χ0) is 11.7. The maximum Gasteiger partial charge on any atom is 0.328 e. The summed E-state index contributed by atoms with van der Waals surface area (Å²) >= 11 is 0. The van der Waals surface area contributed by atoms with Crippen LogP contribution in [0.25, 0.3) is 0 Å².